The van der Waals surface area contributed by atoms with Crippen molar-refractivity contribution < 1.29 is 23.1 Å². The van der Waals surface area contributed by atoms with Gasteiger partial charge in [-0.2, -0.15) is 13.2 Å². The number of aliphatic carboxylic acids is 1. The summed E-state index contributed by atoms with van der Waals surface area (Å²) < 4.78 is 33.6. The van der Waals surface area contributed by atoms with Crippen molar-refractivity contribution in [1.29, 1.82) is 0 Å². The first-order valence-electron chi connectivity index (χ1n) is 5.69. The highest BCUT2D eigenvalue weighted by Gasteiger charge is 2.38. The molecule has 1 aromatic heterocycles. The first-order valence-corrected chi connectivity index (χ1v) is 5.69. The number of carboxylic acids is 1. The topological polar surface area (TPSA) is 94.0 Å². The Morgan fingerprint density at radius 3 is 2.47 bits per heavy atom. The molecule has 1 saturated carbocycles. The van der Waals surface area contributed by atoms with Gasteiger partial charge in [-0.05, 0) is 25.2 Å². The van der Waals surface area contributed by atoms with E-state index in [2.05, 4.69) is 10.3 Å². The highest BCUT2D eigenvalue weighted by molar-refractivity contribution is 5.73. The molecule has 2 rings (SSSR count). The van der Waals surface area contributed by atoms with Gasteiger partial charge in [0.2, 0.25) is 0 Å². The van der Waals surface area contributed by atoms with Crippen molar-refractivity contribution in [3.63, 3.8) is 0 Å². The van der Waals surface area contributed by atoms with Gasteiger partial charge in [0.05, 0.1) is 6.20 Å². The van der Waals surface area contributed by atoms with E-state index in [9.17, 15) is 13.2 Å². The number of alkyl halides is 3. The van der Waals surface area contributed by atoms with Gasteiger partial charge in [0, 0.05) is 18.8 Å². The Morgan fingerprint density at radius 1 is 1.47 bits per heavy atom. The van der Waals surface area contributed by atoms with E-state index in [0.717, 1.165) is 13.0 Å². The molecule has 0 unspecified atom stereocenters. The molecule has 0 aromatic carbocycles. The van der Waals surface area contributed by atoms with Gasteiger partial charge in [-0.3, -0.25) is 4.68 Å². The maximum atomic E-state index is 10.6. The lowest BCUT2D eigenvalue weighted by molar-refractivity contribution is -0.192. The minimum absolute atomic E-state index is 0.415. The summed E-state index contributed by atoms with van der Waals surface area (Å²) in [7, 11) is 0. The van der Waals surface area contributed by atoms with Crippen LogP contribution in [0.4, 0.5) is 13.2 Å². The number of aromatic nitrogens is 3. The third kappa shape index (κ3) is 5.69. The van der Waals surface area contributed by atoms with Gasteiger partial charge in [-0.25, -0.2) is 4.79 Å². The van der Waals surface area contributed by atoms with Gasteiger partial charge < -0.3 is 10.8 Å². The van der Waals surface area contributed by atoms with E-state index in [-0.39, 0.29) is 0 Å². The van der Waals surface area contributed by atoms with Crippen molar-refractivity contribution >= 4 is 5.97 Å². The standard InChI is InChI=1S/C8H14N4.C2HF3O2/c9-8-2-1-7(5-8)6-12-4-3-10-11-12;3-2(4,5)1(6)7/h3-4,7-8H,1-2,5-6,9H2;(H,6,7)/t7-,8+;/m1./s1. The molecule has 0 radical (unpaired) electrons. The summed E-state index contributed by atoms with van der Waals surface area (Å²) in [6.07, 6.45) is 2.08. The molecule has 0 bridgehead atoms. The molecule has 1 heterocycles. The molecule has 1 aliphatic rings. The maximum absolute atomic E-state index is 10.6. The van der Waals surface area contributed by atoms with Crippen molar-refractivity contribution in [1.82, 2.24) is 15.0 Å². The molecule has 3 N–H and O–H groups in total. The summed E-state index contributed by atoms with van der Waals surface area (Å²) in [5.74, 6) is -2.05. The van der Waals surface area contributed by atoms with Gasteiger partial charge >= 0.3 is 12.1 Å². The van der Waals surface area contributed by atoms with Crippen LogP contribution in [0.15, 0.2) is 12.4 Å². The van der Waals surface area contributed by atoms with Gasteiger partial charge in [0.25, 0.3) is 0 Å². The molecule has 0 spiro atoms. The van der Waals surface area contributed by atoms with E-state index in [1.165, 1.54) is 12.8 Å². The van der Waals surface area contributed by atoms with Crippen LogP contribution in [0.3, 0.4) is 0 Å². The van der Waals surface area contributed by atoms with E-state index in [0.29, 0.717) is 12.0 Å². The van der Waals surface area contributed by atoms with Crippen molar-refractivity contribution in [3.8, 4) is 0 Å². The number of hydrogen-bond donors (Lipinski definition) is 2. The minimum Gasteiger partial charge on any atom is -0.475 e. The van der Waals surface area contributed by atoms with E-state index in [1.54, 1.807) is 6.20 Å². The fourth-order valence-electron chi connectivity index (χ4n) is 1.87. The lowest BCUT2D eigenvalue weighted by atomic mass is 10.1. The van der Waals surface area contributed by atoms with E-state index in [4.69, 9.17) is 15.6 Å². The Morgan fingerprint density at radius 2 is 2.11 bits per heavy atom. The molecular formula is C10H15F3N4O2. The quantitative estimate of drug-likeness (QED) is 0.844. The Bertz CT molecular complexity index is 394. The first kappa shape index (κ1) is 15.4. The van der Waals surface area contributed by atoms with Gasteiger partial charge in [-0.1, -0.05) is 5.21 Å². The summed E-state index contributed by atoms with van der Waals surface area (Å²) in [5, 5.41) is 14.8. The van der Waals surface area contributed by atoms with Gasteiger partial charge in [0.15, 0.2) is 0 Å². The number of carbonyl (C=O) groups is 1. The molecule has 1 aromatic rings. The third-order valence-electron chi connectivity index (χ3n) is 2.74. The van der Waals surface area contributed by atoms with Crippen LogP contribution in [-0.2, 0) is 11.3 Å². The molecule has 108 valence electrons. The Kier molecular flexibility index (Phi) is 5.28. The largest absolute Gasteiger partial charge is 0.490 e. The highest BCUT2D eigenvalue weighted by atomic mass is 19.4. The molecule has 6 nitrogen and oxygen atoms in total. The zero-order chi connectivity index (χ0) is 14.5. The third-order valence-corrected chi connectivity index (χ3v) is 2.74. The number of hydrogen-bond acceptors (Lipinski definition) is 4. The zero-order valence-electron chi connectivity index (χ0n) is 10.0. The Balaban J connectivity index is 0.000000224. The predicted molar refractivity (Wildman–Crippen MR) is 59.0 cm³/mol. The molecule has 2 atom stereocenters. The van der Waals surface area contributed by atoms with Crippen molar-refractivity contribution in [3.05, 3.63) is 12.4 Å². The number of carboxylic acid groups (broad SMARTS) is 1. The van der Waals surface area contributed by atoms with E-state index < -0.39 is 12.1 Å². The van der Waals surface area contributed by atoms with Crippen LogP contribution >= 0.6 is 0 Å². The highest BCUT2D eigenvalue weighted by Crippen LogP contribution is 2.24. The number of nitrogens with two attached hydrogens (primary N) is 1. The number of nitrogens with zero attached hydrogens (tertiary/aromatic N) is 3. The molecular weight excluding hydrogens is 265 g/mol. The molecule has 0 aliphatic heterocycles. The van der Waals surface area contributed by atoms with Crippen LogP contribution in [0.1, 0.15) is 19.3 Å². The Hall–Kier alpha value is -1.64. The molecule has 1 fully saturated rings. The maximum Gasteiger partial charge on any atom is 0.490 e. The van der Waals surface area contributed by atoms with E-state index in [1.807, 2.05) is 10.9 Å². The molecule has 19 heavy (non-hydrogen) atoms. The van der Waals surface area contributed by atoms with Crippen LogP contribution < -0.4 is 5.73 Å². The van der Waals surface area contributed by atoms with Crippen LogP contribution in [-0.4, -0.2) is 38.3 Å². The molecule has 0 amide bonds. The average molecular weight is 280 g/mol. The van der Waals surface area contributed by atoms with Crippen LogP contribution in [0.25, 0.3) is 0 Å². The van der Waals surface area contributed by atoms with Crippen molar-refractivity contribution in [2.75, 3.05) is 0 Å². The first-order chi connectivity index (χ1) is 8.79. The van der Waals surface area contributed by atoms with Crippen molar-refractivity contribution in [2.24, 2.45) is 11.7 Å². The smallest absolute Gasteiger partial charge is 0.475 e. The predicted octanol–water partition coefficient (Wildman–Crippen LogP) is 1.04. The molecule has 0 saturated heterocycles. The second-order valence-electron chi connectivity index (χ2n) is 4.37. The normalized spacial score (nSPS) is 22.7. The average Bonchev–Trinajstić information content (AvgIpc) is 2.90. The fraction of sp³-hybridized carbons (Fsp3) is 0.700. The van der Waals surface area contributed by atoms with E-state index >= 15 is 0 Å². The van der Waals surface area contributed by atoms with Crippen LogP contribution in [0.5, 0.6) is 0 Å². The molecule has 9 heteroatoms. The van der Waals surface area contributed by atoms with Gasteiger partial charge in [0.1, 0.15) is 0 Å². The molecule has 1 aliphatic carbocycles. The summed E-state index contributed by atoms with van der Waals surface area (Å²) in [5.41, 5.74) is 5.81. The number of halogens is 3. The fourth-order valence-corrected chi connectivity index (χ4v) is 1.87. The second kappa shape index (κ2) is 6.50. The summed E-state index contributed by atoms with van der Waals surface area (Å²) in [6.45, 7) is 0.980. The van der Waals surface area contributed by atoms with Crippen molar-refractivity contribution in [2.45, 2.75) is 38.0 Å². The second-order valence-corrected chi connectivity index (χ2v) is 4.37. The summed E-state index contributed by atoms with van der Waals surface area (Å²) >= 11 is 0. The zero-order valence-corrected chi connectivity index (χ0v) is 10.0. The monoisotopic (exact) mass is 280 g/mol. The number of rotatable bonds is 2. The lowest BCUT2D eigenvalue weighted by Gasteiger charge is -2.07. The summed E-state index contributed by atoms with van der Waals surface area (Å²) in [4.78, 5) is 8.90. The Labute approximate surface area is 107 Å². The summed E-state index contributed by atoms with van der Waals surface area (Å²) in [6, 6.07) is 0.415. The van der Waals surface area contributed by atoms with Gasteiger partial charge in [-0.15, -0.1) is 5.10 Å². The minimum atomic E-state index is -5.08. The van der Waals surface area contributed by atoms with Crippen LogP contribution in [0, 0.1) is 5.92 Å². The van der Waals surface area contributed by atoms with Crippen LogP contribution in [0.2, 0.25) is 0 Å². The SMILES string of the molecule is N[C@H]1CC[C@@H](Cn2ccnn2)C1.O=C(O)C(F)(F)F. The lowest BCUT2D eigenvalue weighted by Crippen LogP contribution is -2.21.